The number of hydrogen-bond acceptors (Lipinski definition) is 2. The van der Waals surface area contributed by atoms with Crippen molar-refractivity contribution in [2.75, 3.05) is 7.11 Å². The van der Waals surface area contributed by atoms with Gasteiger partial charge in [0, 0.05) is 12.0 Å². The van der Waals surface area contributed by atoms with Crippen LogP contribution in [0.5, 0.6) is 5.75 Å². The Balaban J connectivity index is 1.75. The van der Waals surface area contributed by atoms with Crippen molar-refractivity contribution in [3.8, 4) is 5.75 Å². The van der Waals surface area contributed by atoms with Gasteiger partial charge in [0.2, 0.25) is 0 Å². The number of rotatable bonds is 4. The number of benzene rings is 2. The van der Waals surface area contributed by atoms with Gasteiger partial charge in [-0.1, -0.05) is 24.3 Å². The van der Waals surface area contributed by atoms with Gasteiger partial charge in [-0.25, -0.2) is 0 Å². The van der Waals surface area contributed by atoms with Gasteiger partial charge in [-0.15, -0.1) is 0 Å². The minimum absolute atomic E-state index is 0.185. The van der Waals surface area contributed by atoms with Crippen LogP contribution in [0.2, 0.25) is 0 Å². The zero-order valence-electron chi connectivity index (χ0n) is 11.7. The highest BCUT2D eigenvalue weighted by atomic mass is 16.5. The average molecular weight is 266 g/mol. The Kier molecular flexibility index (Phi) is 3.55. The first-order valence-corrected chi connectivity index (χ1v) is 7.04. The summed E-state index contributed by atoms with van der Waals surface area (Å²) in [5.74, 6) is 1.00. The molecule has 1 aliphatic carbocycles. The standard InChI is InChI=1S/C18H18O2/c1-20-17-9-5-13(6-10-17)11-18(19)16-8-7-14-3-2-4-15(14)12-16/h5-10,12H,2-4,11H2,1H3. The lowest BCUT2D eigenvalue weighted by molar-refractivity contribution is 0.0993. The Morgan fingerprint density at radius 2 is 1.80 bits per heavy atom. The lowest BCUT2D eigenvalue weighted by Crippen LogP contribution is -2.04. The second kappa shape index (κ2) is 5.49. The molecule has 0 aromatic heterocycles. The monoisotopic (exact) mass is 266 g/mol. The molecule has 0 bridgehead atoms. The van der Waals surface area contributed by atoms with Gasteiger partial charge < -0.3 is 4.74 Å². The molecule has 0 spiro atoms. The summed E-state index contributed by atoms with van der Waals surface area (Å²) < 4.78 is 5.12. The van der Waals surface area contributed by atoms with E-state index in [1.165, 1.54) is 17.5 Å². The maximum atomic E-state index is 12.3. The fraction of sp³-hybridized carbons (Fsp3) is 0.278. The molecular formula is C18H18O2. The van der Waals surface area contributed by atoms with E-state index in [2.05, 4.69) is 12.1 Å². The van der Waals surface area contributed by atoms with Gasteiger partial charge in [0.05, 0.1) is 7.11 Å². The molecule has 0 heterocycles. The quantitative estimate of drug-likeness (QED) is 0.790. The van der Waals surface area contributed by atoms with Crippen molar-refractivity contribution in [2.45, 2.75) is 25.7 Å². The van der Waals surface area contributed by atoms with Gasteiger partial charge in [-0.3, -0.25) is 4.79 Å². The molecule has 0 N–H and O–H groups in total. The van der Waals surface area contributed by atoms with Crippen molar-refractivity contribution >= 4 is 5.78 Å². The molecule has 2 heteroatoms. The molecule has 0 unspecified atom stereocenters. The predicted octanol–water partition coefficient (Wildman–Crippen LogP) is 3.61. The van der Waals surface area contributed by atoms with Crippen LogP contribution in [-0.2, 0) is 19.3 Å². The number of methoxy groups -OCH3 is 1. The van der Waals surface area contributed by atoms with Crippen LogP contribution in [0.4, 0.5) is 0 Å². The minimum atomic E-state index is 0.185. The second-order valence-corrected chi connectivity index (χ2v) is 5.29. The lowest BCUT2D eigenvalue weighted by atomic mass is 9.99. The summed E-state index contributed by atoms with van der Waals surface area (Å²) >= 11 is 0. The van der Waals surface area contributed by atoms with Crippen molar-refractivity contribution < 1.29 is 9.53 Å². The van der Waals surface area contributed by atoms with Crippen LogP contribution in [0.3, 0.4) is 0 Å². The SMILES string of the molecule is COc1ccc(CC(=O)c2ccc3c(c2)CCC3)cc1. The van der Waals surface area contributed by atoms with Gasteiger partial charge in [-0.05, 0) is 54.2 Å². The third kappa shape index (κ3) is 2.60. The Labute approximate surface area is 119 Å². The van der Waals surface area contributed by atoms with E-state index >= 15 is 0 Å². The van der Waals surface area contributed by atoms with E-state index in [1.807, 2.05) is 30.3 Å². The number of aryl methyl sites for hydroxylation is 2. The van der Waals surface area contributed by atoms with Crippen LogP contribution in [0.25, 0.3) is 0 Å². The van der Waals surface area contributed by atoms with Gasteiger partial charge in [-0.2, -0.15) is 0 Å². The molecule has 2 aromatic rings. The van der Waals surface area contributed by atoms with Gasteiger partial charge in [0.1, 0.15) is 5.75 Å². The summed E-state index contributed by atoms with van der Waals surface area (Å²) in [5, 5.41) is 0. The van der Waals surface area contributed by atoms with Crippen molar-refractivity contribution in [1.82, 2.24) is 0 Å². The predicted molar refractivity (Wildman–Crippen MR) is 79.5 cm³/mol. The molecule has 0 amide bonds. The summed E-state index contributed by atoms with van der Waals surface area (Å²) in [7, 11) is 1.64. The summed E-state index contributed by atoms with van der Waals surface area (Å²) in [6, 6.07) is 13.8. The molecule has 3 rings (SSSR count). The van der Waals surface area contributed by atoms with Gasteiger partial charge in [0.15, 0.2) is 5.78 Å². The largest absolute Gasteiger partial charge is 0.497 e. The second-order valence-electron chi connectivity index (χ2n) is 5.29. The van der Waals surface area contributed by atoms with E-state index < -0.39 is 0 Å². The van der Waals surface area contributed by atoms with Gasteiger partial charge >= 0.3 is 0 Å². The highest BCUT2D eigenvalue weighted by Crippen LogP contribution is 2.23. The van der Waals surface area contributed by atoms with Crippen molar-refractivity contribution in [3.63, 3.8) is 0 Å². The number of Topliss-reactive ketones (excluding diaryl/α,β-unsaturated/α-hetero) is 1. The third-order valence-corrected chi connectivity index (χ3v) is 3.94. The van der Waals surface area contributed by atoms with Crippen LogP contribution >= 0.6 is 0 Å². The molecule has 0 fully saturated rings. The van der Waals surface area contributed by atoms with Crippen LogP contribution in [-0.4, -0.2) is 12.9 Å². The highest BCUT2D eigenvalue weighted by Gasteiger charge is 2.14. The van der Waals surface area contributed by atoms with Crippen LogP contribution in [0.1, 0.15) is 33.5 Å². The Morgan fingerprint density at radius 3 is 2.55 bits per heavy atom. The number of hydrogen-bond donors (Lipinski definition) is 0. The molecule has 1 aliphatic rings. The van der Waals surface area contributed by atoms with Crippen LogP contribution in [0, 0.1) is 0 Å². The normalized spacial score (nSPS) is 13.1. The topological polar surface area (TPSA) is 26.3 Å². The number of ketones is 1. The van der Waals surface area contributed by atoms with Crippen LogP contribution in [0.15, 0.2) is 42.5 Å². The minimum Gasteiger partial charge on any atom is -0.497 e. The molecule has 0 saturated carbocycles. The first-order chi connectivity index (χ1) is 9.76. The number of ether oxygens (including phenoxy) is 1. The molecule has 102 valence electrons. The molecule has 2 nitrogen and oxygen atoms in total. The fourth-order valence-electron chi connectivity index (χ4n) is 2.78. The van der Waals surface area contributed by atoms with E-state index in [4.69, 9.17) is 4.74 Å². The molecule has 0 saturated heterocycles. The number of fused-ring (bicyclic) bond motifs is 1. The van der Waals surface area contributed by atoms with E-state index in [0.29, 0.717) is 6.42 Å². The molecule has 0 radical (unpaired) electrons. The van der Waals surface area contributed by atoms with E-state index in [0.717, 1.165) is 29.7 Å². The first-order valence-electron chi connectivity index (χ1n) is 7.04. The molecule has 0 atom stereocenters. The van der Waals surface area contributed by atoms with E-state index in [-0.39, 0.29) is 5.78 Å². The molecule has 20 heavy (non-hydrogen) atoms. The van der Waals surface area contributed by atoms with Crippen LogP contribution < -0.4 is 4.74 Å². The van der Waals surface area contributed by atoms with Gasteiger partial charge in [0.25, 0.3) is 0 Å². The fourth-order valence-corrected chi connectivity index (χ4v) is 2.78. The summed E-state index contributed by atoms with van der Waals surface area (Å²) in [4.78, 5) is 12.3. The first kappa shape index (κ1) is 12.9. The maximum Gasteiger partial charge on any atom is 0.167 e. The molecule has 0 aliphatic heterocycles. The number of carbonyl (C=O) groups is 1. The zero-order valence-corrected chi connectivity index (χ0v) is 11.7. The number of carbonyl (C=O) groups excluding carboxylic acids is 1. The summed E-state index contributed by atoms with van der Waals surface area (Å²) in [6.45, 7) is 0. The smallest absolute Gasteiger partial charge is 0.167 e. The molecular weight excluding hydrogens is 248 g/mol. The van der Waals surface area contributed by atoms with Crippen molar-refractivity contribution in [2.24, 2.45) is 0 Å². The average Bonchev–Trinajstić information content (AvgIpc) is 2.95. The van der Waals surface area contributed by atoms with Crippen molar-refractivity contribution in [1.29, 1.82) is 0 Å². The Morgan fingerprint density at radius 1 is 1.05 bits per heavy atom. The van der Waals surface area contributed by atoms with Crippen molar-refractivity contribution in [3.05, 3.63) is 64.7 Å². The highest BCUT2D eigenvalue weighted by molar-refractivity contribution is 5.97. The van der Waals surface area contributed by atoms with E-state index in [1.54, 1.807) is 7.11 Å². The zero-order chi connectivity index (χ0) is 13.9. The molecule has 2 aromatic carbocycles. The third-order valence-electron chi connectivity index (χ3n) is 3.94. The Bertz CT molecular complexity index is 626. The van der Waals surface area contributed by atoms with E-state index in [9.17, 15) is 4.79 Å². The summed E-state index contributed by atoms with van der Waals surface area (Å²) in [5.41, 5.74) is 4.62. The lowest BCUT2D eigenvalue weighted by Gasteiger charge is -2.05. The maximum absolute atomic E-state index is 12.3. The Hall–Kier alpha value is -2.09. The summed E-state index contributed by atoms with van der Waals surface area (Å²) in [6.07, 6.45) is 3.93.